The first-order chi connectivity index (χ1) is 15.5. The van der Waals surface area contributed by atoms with E-state index in [0.29, 0.717) is 0 Å². The SMILES string of the molecule is CCCCCCCCCCn1c(C(C)NC(=O)c2ccc(C)cc2C)nc2ccccc21. The molecule has 4 heteroatoms. The number of nitrogens with one attached hydrogen (secondary N) is 1. The molecule has 3 aromatic rings. The van der Waals surface area contributed by atoms with Crippen molar-refractivity contribution in [3.05, 3.63) is 65.0 Å². The predicted molar refractivity (Wildman–Crippen MR) is 134 cm³/mol. The van der Waals surface area contributed by atoms with Crippen LogP contribution in [-0.2, 0) is 6.54 Å². The fourth-order valence-corrected chi connectivity index (χ4v) is 4.47. The van der Waals surface area contributed by atoms with Crippen LogP contribution >= 0.6 is 0 Å². The topological polar surface area (TPSA) is 46.9 Å². The van der Waals surface area contributed by atoms with Crippen molar-refractivity contribution in [2.75, 3.05) is 0 Å². The first-order valence-electron chi connectivity index (χ1n) is 12.3. The lowest BCUT2D eigenvalue weighted by Gasteiger charge is -2.17. The summed E-state index contributed by atoms with van der Waals surface area (Å²) < 4.78 is 2.30. The molecule has 1 heterocycles. The van der Waals surface area contributed by atoms with Crippen LogP contribution in [0.5, 0.6) is 0 Å². The summed E-state index contributed by atoms with van der Waals surface area (Å²) in [5, 5.41) is 3.18. The van der Waals surface area contributed by atoms with Crippen LogP contribution in [0.15, 0.2) is 42.5 Å². The second-order valence-corrected chi connectivity index (χ2v) is 9.10. The van der Waals surface area contributed by atoms with Gasteiger partial charge in [0.15, 0.2) is 0 Å². The molecule has 0 saturated carbocycles. The minimum absolute atomic E-state index is 0.0410. The lowest BCUT2D eigenvalue weighted by molar-refractivity contribution is 0.0937. The van der Waals surface area contributed by atoms with Crippen LogP contribution in [0.3, 0.4) is 0 Å². The van der Waals surface area contributed by atoms with Crippen LogP contribution in [0.2, 0.25) is 0 Å². The van der Waals surface area contributed by atoms with E-state index >= 15 is 0 Å². The second-order valence-electron chi connectivity index (χ2n) is 9.10. The van der Waals surface area contributed by atoms with Gasteiger partial charge in [0, 0.05) is 12.1 Å². The maximum Gasteiger partial charge on any atom is 0.252 e. The first kappa shape index (κ1) is 24.0. The lowest BCUT2D eigenvalue weighted by atomic mass is 10.0. The number of nitrogens with zero attached hydrogens (tertiary/aromatic N) is 2. The number of imidazole rings is 1. The first-order valence-corrected chi connectivity index (χ1v) is 12.3. The summed E-state index contributed by atoms with van der Waals surface area (Å²) in [5.74, 6) is 0.896. The van der Waals surface area contributed by atoms with Crippen LogP contribution in [-0.4, -0.2) is 15.5 Å². The van der Waals surface area contributed by atoms with Crippen molar-refractivity contribution in [3.8, 4) is 0 Å². The highest BCUT2D eigenvalue weighted by Gasteiger charge is 2.19. The molecule has 1 amide bonds. The number of carbonyl (C=O) groups excluding carboxylic acids is 1. The van der Waals surface area contributed by atoms with E-state index in [1.807, 2.05) is 39.0 Å². The van der Waals surface area contributed by atoms with Gasteiger partial charge in [0.25, 0.3) is 5.91 Å². The third-order valence-corrected chi connectivity index (χ3v) is 6.28. The van der Waals surface area contributed by atoms with E-state index in [-0.39, 0.29) is 11.9 Å². The molecule has 0 radical (unpaired) electrons. The van der Waals surface area contributed by atoms with E-state index in [4.69, 9.17) is 4.98 Å². The maximum atomic E-state index is 12.9. The van der Waals surface area contributed by atoms with Crippen molar-refractivity contribution in [2.45, 2.75) is 91.6 Å². The van der Waals surface area contributed by atoms with Gasteiger partial charge < -0.3 is 9.88 Å². The standard InChI is InChI=1S/C28H39N3O/c1-5-6-7-8-9-10-11-14-19-31-26-16-13-12-15-25(26)30-27(31)23(4)29-28(32)24-18-17-21(2)20-22(24)3/h12-13,15-18,20,23H,5-11,14,19H2,1-4H3,(H,29,32). The van der Waals surface area contributed by atoms with Gasteiger partial charge in [-0.05, 0) is 51.0 Å². The molecule has 0 aliphatic rings. The van der Waals surface area contributed by atoms with Gasteiger partial charge in [0.1, 0.15) is 5.82 Å². The number of hydrogen-bond donors (Lipinski definition) is 1. The number of benzene rings is 2. The Balaban J connectivity index is 1.67. The van der Waals surface area contributed by atoms with Gasteiger partial charge in [-0.25, -0.2) is 4.98 Å². The smallest absolute Gasteiger partial charge is 0.252 e. The molecule has 2 aromatic carbocycles. The zero-order chi connectivity index (χ0) is 22.9. The Morgan fingerprint density at radius 2 is 1.66 bits per heavy atom. The molecular weight excluding hydrogens is 394 g/mol. The van der Waals surface area contributed by atoms with E-state index in [2.05, 4.69) is 41.1 Å². The Labute approximate surface area is 193 Å². The average Bonchev–Trinajstić information content (AvgIpc) is 3.14. The number of aromatic nitrogens is 2. The summed E-state index contributed by atoms with van der Waals surface area (Å²) in [5.41, 5.74) is 5.04. The van der Waals surface area contributed by atoms with Crippen molar-refractivity contribution in [3.63, 3.8) is 0 Å². The van der Waals surface area contributed by atoms with E-state index in [0.717, 1.165) is 41.0 Å². The van der Waals surface area contributed by atoms with Gasteiger partial charge in [-0.3, -0.25) is 4.79 Å². The van der Waals surface area contributed by atoms with E-state index in [1.54, 1.807) is 0 Å². The molecule has 3 rings (SSSR count). The predicted octanol–water partition coefficient (Wildman–Crippen LogP) is 7.28. The van der Waals surface area contributed by atoms with Gasteiger partial charge >= 0.3 is 0 Å². The normalized spacial score (nSPS) is 12.2. The summed E-state index contributed by atoms with van der Waals surface area (Å²) in [6, 6.07) is 14.1. The van der Waals surface area contributed by atoms with Crippen molar-refractivity contribution < 1.29 is 4.79 Å². The lowest BCUT2D eigenvalue weighted by Crippen LogP contribution is -2.29. The van der Waals surface area contributed by atoms with Crippen molar-refractivity contribution in [1.29, 1.82) is 0 Å². The Hall–Kier alpha value is -2.62. The number of unbranched alkanes of at least 4 members (excludes halogenated alkanes) is 7. The largest absolute Gasteiger partial charge is 0.342 e. The number of para-hydroxylation sites is 2. The van der Waals surface area contributed by atoms with Crippen LogP contribution in [0.25, 0.3) is 11.0 Å². The number of hydrogen-bond acceptors (Lipinski definition) is 2. The Kier molecular flexibility index (Phi) is 8.90. The molecule has 172 valence electrons. The van der Waals surface area contributed by atoms with Crippen molar-refractivity contribution in [2.24, 2.45) is 0 Å². The van der Waals surface area contributed by atoms with Gasteiger partial charge in [0.05, 0.1) is 17.1 Å². The maximum absolute atomic E-state index is 12.9. The molecule has 0 saturated heterocycles. The van der Waals surface area contributed by atoms with Crippen LogP contribution < -0.4 is 5.32 Å². The highest BCUT2D eigenvalue weighted by molar-refractivity contribution is 5.96. The quantitative estimate of drug-likeness (QED) is 0.305. The van der Waals surface area contributed by atoms with Crippen molar-refractivity contribution >= 4 is 16.9 Å². The third kappa shape index (κ3) is 6.21. The fraction of sp³-hybridized carbons (Fsp3) is 0.500. The van der Waals surface area contributed by atoms with Crippen molar-refractivity contribution in [1.82, 2.24) is 14.9 Å². The number of rotatable bonds is 12. The summed E-state index contributed by atoms with van der Waals surface area (Å²) >= 11 is 0. The van der Waals surface area contributed by atoms with Gasteiger partial charge in [-0.1, -0.05) is 81.7 Å². The second kappa shape index (κ2) is 11.8. The molecule has 0 fully saturated rings. The molecular formula is C28H39N3O. The van der Waals surface area contributed by atoms with Crippen LogP contribution in [0, 0.1) is 13.8 Å². The van der Waals surface area contributed by atoms with Crippen LogP contribution in [0.1, 0.15) is 98.6 Å². The highest BCUT2D eigenvalue weighted by Crippen LogP contribution is 2.23. The fourth-order valence-electron chi connectivity index (χ4n) is 4.47. The molecule has 0 aliphatic heterocycles. The molecule has 1 aromatic heterocycles. The van der Waals surface area contributed by atoms with Crippen LogP contribution in [0.4, 0.5) is 0 Å². The highest BCUT2D eigenvalue weighted by atomic mass is 16.1. The summed E-state index contributed by atoms with van der Waals surface area (Å²) in [6.45, 7) is 9.27. The molecule has 0 spiro atoms. The third-order valence-electron chi connectivity index (χ3n) is 6.28. The summed E-state index contributed by atoms with van der Waals surface area (Å²) in [7, 11) is 0. The molecule has 32 heavy (non-hydrogen) atoms. The zero-order valence-corrected chi connectivity index (χ0v) is 20.3. The van der Waals surface area contributed by atoms with E-state index in [1.165, 1.54) is 50.5 Å². The number of amides is 1. The number of aryl methyl sites for hydroxylation is 3. The molecule has 0 aliphatic carbocycles. The average molecular weight is 434 g/mol. The number of carbonyl (C=O) groups is 1. The summed E-state index contributed by atoms with van der Waals surface area (Å²) in [4.78, 5) is 17.8. The van der Waals surface area contributed by atoms with Gasteiger partial charge in [0.2, 0.25) is 0 Å². The van der Waals surface area contributed by atoms with E-state index in [9.17, 15) is 4.79 Å². The molecule has 0 bridgehead atoms. The van der Waals surface area contributed by atoms with Gasteiger partial charge in [-0.2, -0.15) is 0 Å². The molecule has 4 nitrogen and oxygen atoms in total. The molecule has 1 N–H and O–H groups in total. The Morgan fingerprint density at radius 3 is 2.38 bits per heavy atom. The Bertz CT molecular complexity index is 1020. The number of fused-ring (bicyclic) bond motifs is 1. The molecule has 1 unspecified atom stereocenters. The minimum Gasteiger partial charge on any atom is -0.342 e. The minimum atomic E-state index is -0.162. The zero-order valence-electron chi connectivity index (χ0n) is 20.3. The van der Waals surface area contributed by atoms with E-state index < -0.39 is 0 Å². The Morgan fingerprint density at radius 1 is 0.969 bits per heavy atom. The summed E-state index contributed by atoms with van der Waals surface area (Å²) in [6.07, 6.45) is 10.4. The van der Waals surface area contributed by atoms with Gasteiger partial charge in [-0.15, -0.1) is 0 Å². The molecule has 1 atom stereocenters. The monoisotopic (exact) mass is 433 g/mol.